The zero-order valence-corrected chi connectivity index (χ0v) is 20.6. The fraction of sp³-hybridized carbons (Fsp3) is 0.481. The lowest BCUT2D eigenvalue weighted by Gasteiger charge is -2.41. The predicted octanol–water partition coefficient (Wildman–Crippen LogP) is 3.41. The lowest BCUT2D eigenvalue weighted by molar-refractivity contribution is 0.0938. The molecule has 0 unspecified atom stereocenters. The Morgan fingerprint density at radius 3 is 2.34 bits per heavy atom. The monoisotopic (exact) mass is 493 g/mol. The quantitative estimate of drug-likeness (QED) is 0.600. The van der Waals surface area contributed by atoms with E-state index >= 15 is 0 Å². The summed E-state index contributed by atoms with van der Waals surface area (Å²) in [5.74, 6) is -0.786. The second-order valence-electron chi connectivity index (χ2n) is 10.3. The highest BCUT2D eigenvalue weighted by Crippen LogP contribution is 2.38. The van der Waals surface area contributed by atoms with Crippen molar-refractivity contribution in [3.05, 3.63) is 53.1 Å². The first-order chi connectivity index (χ1) is 16.9. The molecule has 2 saturated heterocycles. The summed E-state index contributed by atoms with van der Waals surface area (Å²) in [6, 6.07) is 10.4. The maximum Gasteiger partial charge on any atom is 0.252 e. The normalized spacial score (nSPS) is 22.4. The third kappa shape index (κ3) is 4.06. The van der Waals surface area contributed by atoms with Crippen LogP contribution in [-0.2, 0) is 9.84 Å². The largest absolute Gasteiger partial charge is 0.371 e. The van der Waals surface area contributed by atoms with Gasteiger partial charge in [0.25, 0.3) is 5.91 Å². The van der Waals surface area contributed by atoms with Gasteiger partial charge in [-0.15, -0.1) is 0 Å². The number of carbonyl (C=O) groups is 2. The molecular weight excluding hydrogens is 462 g/mol. The maximum absolute atomic E-state index is 13.6. The van der Waals surface area contributed by atoms with Gasteiger partial charge in [0.15, 0.2) is 5.78 Å². The maximum atomic E-state index is 13.6. The van der Waals surface area contributed by atoms with Crippen LogP contribution in [0.1, 0.15) is 71.2 Å². The Bertz CT molecular complexity index is 1290. The van der Waals surface area contributed by atoms with Gasteiger partial charge in [-0.1, -0.05) is 12.5 Å². The Kier molecular flexibility index (Phi) is 5.68. The standard InChI is InChI=1S/C27H31N3O4S/c31-26-21-10-9-20(30-15-11-19(12-16-30)29-13-2-1-3-14-29)17-24(21)35(33,34)23-6-4-5-22(25(23)26)27(32)28-18-7-8-18/h4-6,9-10,17-19H,1-3,7-8,11-16H2,(H,28,32). The van der Waals surface area contributed by atoms with Crippen molar-refractivity contribution in [1.29, 1.82) is 0 Å². The Morgan fingerprint density at radius 1 is 0.886 bits per heavy atom. The van der Waals surface area contributed by atoms with Gasteiger partial charge in [0.2, 0.25) is 9.84 Å². The molecule has 1 saturated carbocycles. The zero-order chi connectivity index (χ0) is 24.2. The number of piperidine rings is 2. The van der Waals surface area contributed by atoms with E-state index in [1.54, 1.807) is 18.2 Å². The van der Waals surface area contributed by atoms with Crippen LogP contribution >= 0.6 is 0 Å². The number of ketones is 1. The van der Waals surface area contributed by atoms with E-state index in [0.29, 0.717) is 6.04 Å². The second kappa shape index (κ2) is 8.75. The van der Waals surface area contributed by atoms with E-state index in [1.807, 2.05) is 6.07 Å². The lowest BCUT2D eigenvalue weighted by Crippen LogP contribution is -2.46. The van der Waals surface area contributed by atoms with Crippen LogP contribution in [0.25, 0.3) is 0 Å². The van der Waals surface area contributed by atoms with Crippen molar-refractivity contribution in [3.8, 4) is 0 Å². The molecule has 35 heavy (non-hydrogen) atoms. The Labute approximate surface area is 206 Å². The number of anilines is 1. The fourth-order valence-electron chi connectivity index (χ4n) is 5.81. The first kappa shape index (κ1) is 22.7. The number of fused-ring (bicyclic) bond motifs is 2. The summed E-state index contributed by atoms with van der Waals surface area (Å²) in [5.41, 5.74) is 1.12. The van der Waals surface area contributed by atoms with Gasteiger partial charge in [-0.3, -0.25) is 9.59 Å². The Balaban J connectivity index is 1.28. The highest BCUT2D eigenvalue weighted by Gasteiger charge is 2.39. The van der Waals surface area contributed by atoms with E-state index in [9.17, 15) is 18.0 Å². The van der Waals surface area contributed by atoms with Gasteiger partial charge in [-0.25, -0.2) is 8.42 Å². The van der Waals surface area contributed by atoms with E-state index in [0.717, 1.165) is 44.5 Å². The zero-order valence-electron chi connectivity index (χ0n) is 19.8. The molecule has 0 spiro atoms. The summed E-state index contributed by atoms with van der Waals surface area (Å²) in [4.78, 5) is 31.1. The van der Waals surface area contributed by atoms with Gasteiger partial charge in [-0.05, 0) is 81.9 Å². The minimum absolute atomic E-state index is 0.00625. The van der Waals surface area contributed by atoms with Crippen LogP contribution in [0, 0.1) is 0 Å². The van der Waals surface area contributed by atoms with Crippen LogP contribution < -0.4 is 10.2 Å². The Hall–Kier alpha value is -2.71. The molecule has 184 valence electrons. The van der Waals surface area contributed by atoms with E-state index in [1.165, 1.54) is 44.5 Å². The molecule has 4 aliphatic rings. The molecule has 0 atom stereocenters. The van der Waals surface area contributed by atoms with E-state index in [2.05, 4.69) is 15.1 Å². The number of hydrogen-bond donors (Lipinski definition) is 1. The van der Waals surface area contributed by atoms with Crippen molar-refractivity contribution in [2.75, 3.05) is 31.1 Å². The molecule has 1 aliphatic carbocycles. The number of nitrogens with one attached hydrogen (secondary N) is 1. The van der Waals surface area contributed by atoms with Crippen LogP contribution in [-0.4, -0.2) is 63.3 Å². The highest BCUT2D eigenvalue weighted by atomic mass is 32.2. The predicted molar refractivity (Wildman–Crippen MR) is 133 cm³/mol. The van der Waals surface area contributed by atoms with Crippen LogP contribution in [0.2, 0.25) is 0 Å². The van der Waals surface area contributed by atoms with Gasteiger partial charge in [-0.2, -0.15) is 0 Å². The average Bonchev–Trinajstić information content (AvgIpc) is 3.71. The van der Waals surface area contributed by atoms with Crippen molar-refractivity contribution in [2.24, 2.45) is 0 Å². The molecule has 1 amide bonds. The van der Waals surface area contributed by atoms with Crippen LogP contribution in [0.5, 0.6) is 0 Å². The van der Waals surface area contributed by atoms with Gasteiger partial charge < -0.3 is 15.1 Å². The van der Waals surface area contributed by atoms with Gasteiger partial charge in [0, 0.05) is 36.4 Å². The van der Waals surface area contributed by atoms with Gasteiger partial charge in [0.1, 0.15) is 0 Å². The summed E-state index contributed by atoms with van der Waals surface area (Å²) in [5, 5.41) is 2.88. The molecule has 1 N–H and O–H groups in total. The molecule has 7 nitrogen and oxygen atoms in total. The van der Waals surface area contributed by atoms with E-state index < -0.39 is 15.6 Å². The third-order valence-electron chi connectivity index (χ3n) is 7.94. The molecule has 2 aromatic rings. The van der Waals surface area contributed by atoms with Crippen molar-refractivity contribution in [2.45, 2.75) is 66.8 Å². The van der Waals surface area contributed by atoms with E-state index in [-0.39, 0.29) is 38.4 Å². The van der Waals surface area contributed by atoms with Crippen molar-refractivity contribution in [3.63, 3.8) is 0 Å². The van der Waals surface area contributed by atoms with Gasteiger partial charge in [0.05, 0.1) is 20.9 Å². The molecule has 0 radical (unpaired) electrons. The lowest BCUT2D eigenvalue weighted by atomic mass is 9.96. The SMILES string of the molecule is O=C(NC1CC1)c1cccc2c1C(=O)c1ccc(N3CCC(N4CCCCC4)CC3)cc1S2(=O)=O. The van der Waals surface area contributed by atoms with Gasteiger partial charge >= 0.3 is 0 Å². The Morgan fingerprint density at radius 2 is 1.63 bits per heavy atom. The minimum Gasteiger partial charge on any atom is -0.371 e. The number of rotatable bonds is 4. The smallest absolute Gasteiger partial charge is 0.252 e. The first-order valence-electron chi connectivity index (χ1n) is 12.8. The minimum atomic E-state index is -3.93. The number of amides is 1. The second-order valence-corrected chi connectivity index (χ2v) is 12.1. The van der Waals surface area contributed by atoms with Crippen molar-refractivity contribution < 1.29 is 18.0 Å². The number of benzene rings is 2. The average molecular weight is 494 g/mol. The number of sulfone groups is 1. The number of likely N-dealkylation sites (tertiary alicyclic amines) is 1. The molecule has 8 heteroatoms. The van der Waals surface area contributed by atoms with E-state index in [4.69, 9.17) is 0 Å². The number of nitrogens with zero attached hydrogens (tertiary/aromatic N) is 2. The topological polar surface area (TPSA) is 86.8 Å². The van der Waals surface area contributed by atoms with Crippen LogP contribution in [0.4, 0.5) is 5.69 Å². The number of hydrogen-bond acceptors (Lipinski definition) is 6. The summed E-state index contributed by atoms with van der Waals surface area (Å²) < 4.78 is 27.3. The van der Waals surface area contributed by atoms with Crippen LogP contribution in [0.15, 0.2) is 46.2 Å². The molecule has 2 aromatic carbocycles. The highest BCUT2D eigenvalue weighted by molar-refractivity contribution is 7.91. The molecule has 3 aliphatic heterocycles. The summed E-state index contributed by atoms with van der Waals surface area (Å²) in [6.07, 6.45) is 7.83. The molecular formula is C27H31N3O4S. The summed E-state index contributed by atoms with van der Waals surface area (Å²) in [7, 11) is -3.93. The first-order valence-corrected chi connectivity index (χ1v) is 14.3. The molecule has 3 fully saturated rings. The fourth-order valence-corrected chi connectivity index (χ4v) is 7.50. The summed E-state index contributed by atoms with van der Waals surface area (Å²) in [6.45, 7) is 4.11. The molecule has 0 aromatic heterocycles. The number of carbonyl (C=O) groups excluding carboxylic acids is 2. The van der Waals surface area contributed by atoms with Crippen molar-refractivity contribution >= 4 is 27.2 Å². The van der Waals surface area contributed by atoms with Crippen molar-refractivity contribution in [1.82, 2.24) is 10.2 Å². The third-order valence-corrected chi connectivity index (χ3v) is 9.77. The summed E-state index contributed by atoms with van der Waals surface area (Å²) >= 11 is 0. The molecule has 3 heterocycles. The van der Waals surface area contributed by atoms with Crippen LogP contribution in [0.3, 0.4) is 0 Å². The molecule has 0 bridgehead atoms. The molecule has 6 rings (SSSR count).